The minimum Gasteiger partial charge on any atom is -0.327 e. The van der Waals surface area contributed by atoms with Gasteiger partial charge in [-0.2, -0.15) is 0 Å². The van der Waals surface area contributed by atoms with Crippen LogP contribution in [0.2, 0.25) is 0 Å². The quantitative estimate of drug-likeness (QED) is 0.215. The summed E-state index contributed by atoms with van der Waals surface area (Å²) < 4.78 is 4.59. The zero-order valence-electron chi connectivity index (χ0n) is 21.2. The lowest BCUT2D eigenvalue weighted by Crippen LogP contribution is -2.06. The van der Waals surface area contributed by atoms with Crippen molar-refractivity contribution in [1.29, 1.82) is 0 Å². The second-order valence-electron chi connectivity index (χ2n) is 7.80. The van der Waals surface area contributed by atoms with E-state index in [9.17, 15) is 0 Å². The van der Waals surface area contributed by atoms with Crippen molar-refractivity contribution < 1.29 is 0 Å². The van der Waals surface area contributed by atoms with E-state index in [1.54, 1.807) is 6.08 Å². The molecule has 0 bridgehead atoms. The number of rotatable bonds is 4. The van der Waals surface area contributed by atoms with Crippen molar-refractivity contribution in [3.8, 4) is 0 Å². The Morgan fingerprint density at radius 3 is 1.94 bits per heavy atom. The topological polar surface area (TPSA) is 35.9 Å². The summed E-state index contributed by atoms with van der Waals surface area (Å²) in [7, 11) is 0. The van der Waals surface area contributed by atoms with Crippen LogP contribution in [0.25, 0.3) is 49.3 Å². The van der Waals surface area contributed by atoms with Gasteiger partial charge < -0.3 is 14.9 Å². The van der Waals surface area contributed by atoms with Crippen molar-refractivity contribution in [3.05, 3.63) is 91.5 Å². The first-order chi connectivity index (χ1) is 16.7. The molecule has 2 N–H and O–H groups in total. The molecule has 0 saturated heterocycles. The Kier molecular flexibility index (Phi) is 8.50. The number of allylic oxidation sites excluding steroid dienone is 5. The first kappa shape index (κ1) is 25.1. The highest BCUT2D eigenvalue weighted by Crippen LogP contribution is 2.38. The van der Waals surface area contributed by atoms with Gasteiger partial charge in [0.25, 0.3) is 0 Å². The third kappa shape index (κ3) is 4.32. The second-order valence-corrected chi connectivity index (χ2v) is 7.80. The molecule has 0 aliphatic heterocycles. The summed E-state index contributed by atoms with van der Waals surface area (Å²) in [4.78, 5) is 0. The van der Waals surface area contributed by atoms with Crippen molar-refractivity contribution in [2.45, 2.75) is 47.7 Å². The molecule has 0 spiro atoms. The van der Waals surface area contributed by atoms with E-state index >= 15 is 0 Å². The molecule has 3 nitrogen and oxygen atoms in total. The lowest BCUT2D eigenvalue weighted by atomic mass is 10.1. The number of aromatic nitrogens is 2. The molecule has 0 aliphatic carbocycles. The van der Waals surface area contributed by atoms with Crippen LogP contribution < -0.4 is 5.73 Å². The Morgan fingerprint density at radius 2 is 1.35 bits per heavy atom. The fourth-order valence-electron chi connectivity index (χ4n) is 4.52. The third-order valence-electron chi connectivity index (χ3n) is 5.83. The van der Waals surface area contributed by atoms with Crippen LogP contribution in [0.4, 0.5) is 0 Å². The number of benzene rings is 3. The highest BCUT2D eigenvalue weighted by molar-refractivity contribution is 6.18. The van der Waals surface area contributed by atoms with Gasteiger partial charge in [0.15, 0.2) is 0 Å². The maximum Gasteiger partial charge on any atom is 0.0707 e. The van der Waals surface area contributed by atoms with Gasteiger partial charge in [0.05, 0.1) is 28.7 Å². The SMILES string of the molecule is C/C=C(\C=C/CC)n1c2ccccc2c2cc3c(cc21)c1ccccc1n3CN.C=CC.CC. The Labute approximate surface area is 203 Å². The standard InChI is InChI=1S/C26H25N3.C3H6.C2H6/c1-3-5-10-18(4-2)29-24-14-9-7-12-20(24)22-15-25-21(16-26(22)29)19-11-6-8-13-23(19)28(25)17-27;1-3-2;1-2/h4-16H,3,17,27H2,1-2H3;3H,1H2,2H3;1-2H3/b10-5-,18-4+;;. The minimum absolute atomic E-state index is 0.466. The van der Waals surface area contributed by atoms with E-state index in [-0.39, 0.29) is 0 Å². The molecule has 2 aromatic heterocycles. The van der Waals surface area contributed by atoms with Crippen molar-refractivity contribution in [2.24, 2.45) is 5.73 Å². The summed E-state index contributed by atoms with van der Waals surface area (Å²) in [5.41, 5.74) is 12.2. The van der Waals surface area contributed by atoms with E-state index in [4.69, 9.17) is 5.73 Å². The van der Waals surface area contributed by atoms with Gasteiger partial charge in [-0.3, -0.25) is 0 Å². The van der Waals surface area contributed by atoms with Crippen LogP contribution in [-0.4, -0.2) is 9.13 Å². The summed E-state index contributed by atoms with van der Waals surface area (Å²) in [5, 5.41) is 5.02. The summed E-state index contributed by atoms with van der Waals surface area (Å²) in [6.45, 7) is 14.0. The first-order valence-corrected chi connectivity index (χ1v) is 12.2. The number of hydrogen-bond acceptors (Lipinski definition) is 1. The van der Waals surface area contributed by atoms with Gasteiger partial charge in [-0.15, -0.1) is 6.58 Å². The Morgan fingerprint density at radius 1 is 0.824 bits per heavy atom. The first-order valence-electron chi connectivity index (χ1n) is 12.2. The number of para-hydroxylation sites is 2. The van der Waals surface area contributed by atoms with Crippen LogP contribution in [0.5, 0.6) is 0 Å². The monoisotopic (exact) mass is 451 g/mol. The van der Waals surface area contributed by atoms with Crippen LogP contribution in [0, 0.1) is 0 Å². The molecule has 0 saturated carbocycles. The fourth-order valence-corrected chi connectivity index (χ4v) is 4.52. The molecule has 34 heavy (non-hydrogen) atoms. The molecule has 0 amide bonds. The Balaban J connectivity index is 0.000000603. The lowest BCUT2D eigenvalue weighted by Gasteiger charge is -2.09. The number of hydrogen-bond donors (Lipinski definition) is 1. The van der Waals surface area contributed by atoms with Crippen molar-refractivity contribution in [2.75, 3.05) is 0 Å². The summed E-state index contributed by atoms with van der Waals surface area (Å²) in [5.74, 6) is 0. The van der Waals surface area contributed by atoms with E-state index in [1.807, 2.05) is 20.8 Å². The van der Waals surface area contributed by atoms with Gasteiger partial charge in [-0.05, 0) is 50.6 Å². The minimum atomic E-state index is 0.466. The normalized spacial score (nSPS) is 11.6. The van der Waals surface area contributed by atoms with Gasteiger partial charge in [0.1, 0.15) is 0 Å². The highest BCUT2D eigenvalue weighted by Gasteiger charge is 2.16. The second kappa shape index (κ2) is 11.5. The van der Waals surface area contributed by atoms with E-state index in [1.165, 1.54) is 49.3 Å². The van der Waals surface area contributed by atoms with Crippen molar-refractivity contribution in [1.82, 2.24) is 9.13 Å². The average molecular weight is 452 g/mol. The molecule has 0 aliphatic rings. The molecular formula is C31H37N3. The molecule has 0 atom stereocenters. The van der Waals surface area contributed by atoms with Crippen LogP contribution >= 0.6 is 0 Å². The molecule has 3 heteroatoms. The Hall–Kier alpha value is -3.56. The number of nitrogens with two attached hydrogens (primary N) is 1. The maximum absolute atomic E-state index is 6.15. The molecule has 2 heterocycles. The van der Waals surface area contributed by atoms with E-state index < -0.39 is 0 Å². The van der Waals surface area contributed by atoms with E-state index in [0.29, 0.717) is 6.67 Å². The van der Waals surface area contributed by atoms with Crippen molar-refractivity contribution >= 4 is 49.3 Å². The zero-order chi connectivity index (χ0) is 24.7. The lowest BCUT2D eigenvalue weighted by molar-refractivity contribution is 0.791. The number of fused-ring (bicyclic) bond motifs is 6. The van der Waals surface area contributed by atoms with Crippen LogP contribution in [0.1, 0.15) is 41.0 Å². The van der Waals surface area contributed by atoms with E-state index in [2.05, 4.69) is 108 Å². The molecule has 0 fully saturated rings. The molecule has 0 unspecified atom stereocenters. The van der Waals surface area contributed by atoms with Gasteiger partial charge in [0.2, 0.25) is 0 Å². The molecule has 0 radical (unpaired) electrons. The maximum atomic E-state index is 6.15. The van der Waals surface area contributed by atoms with Gasteiger partial charge in [-0.1, -0.05) is 75.4 Å². The Bertz CT molecular complexity index is 1470. The highest BCUT2D eigenvalue weighted by atomic mass is 15.0. The fraction of sp³-hybridized carbons (Fsp3) is 0.226. The van der Waals surface area contributed by atoms with Crippen LogP contribution in [0.3, 0.4) is 0 Å². The average Bonchev–Trinajstić information content (AvgIpc) is 3.37. The van der Waals surface area contributed by atoms with Gasteiger partial charge in [-0.25, -0.2) is 0 Å². The molecule has 3 aromatic carbocycles. The molecule has 5 aromatic rings. The third-order valence-corrected chi connectivity index (χ3v) is 5.83. The predicted molar refractivity (Wildman–Crippen MR) is 153 cm³/mol. The largest absolute Gasteiger partial charge is 0.327 e. The summed E-state index contributed by atoms with van der Waals surface area (Å²) >= 11 is 0. The number of nitrogens with zero attached hydrogens (tertiary/aromatic N) is 2. The van der Waals surface area contributed by atoms with Crippen LogP contribution in [-0.2, 0) is 6.67 Å². The van der Waals surface area contributed by atoms with Gasteiger partial charge in [0, 0.05) is 27.2 Å². The molecular weight excluding hydrogens is 414 g/mol. The predicted octanol–water partition coefficient (Wildman–Crippen LogP) is 8.86. The molecule has 176 valence electrons. The zero-order valence-corrected chi connectivity index (χ0v) is 21.2. The summed E-state index contributed by atoms with van der Waals surface area (Å²) in [6, 6.07) is 21.8. The van der Waals surface area contributed by atoms with E-state index in [0.717, 1.165) is 6.42 Å². The smallest absolute Gasteiger partial charge is 0.0707 e. The van der Waals surface area contributed by atoms with Crippen LogP contribution in [0.15, 0.2) is 91.5 Å². The summed E-state index contributed by atoms with van der Waals surface area (Å²) in [6.07, 6.45) is 9.39. The van der Waals surface area contributed by atoms with Gasteiger partial charge >= 0.3 is 0 Å². The van der Waals surface area contributed by atoms with Crippen molar-refractivity contribution in [3.63, 3.8) is 0 Å². The molecule has 5 rings (SSSR count).